The lowest BCUT2D eigenvalue weighted by Crippen LogP contribution is -2.21. The fourth-order valence-electron chi connectivity index (χ4n) is 2.38. The maximum Gasteiger partial charge on any atom is 0.347 e. The molecule has 1 heterocycles. The first-order valence-electron chi connectivity index (χ1n) is 7.43. The van der Waals surface area contributed by atoms with Gasteiger partial charge >= 0.3 is 5.63 Å². The van der Waals surface area contributed by atoms with E-state index in [1.807, 2.05) is 24.5 Å². The van der Waals surface area contributed by atoms with Crippen LogP contribution in [-0.2, 0) is 0 Å². The number of nitrogens with zero attached hydrogens (tertiary/aromatic N) is 1. The van der Waals surface area contributed by atoms with Crippen LogP contribution in [0.2, 0.25) is 0 Å². The van der Waals surface area contributed by atoms with Crippen molar-refractivity contribution in [1.29, 1.82) is 0 Å². The molecule has 4 nitrogen and oxygen atoms in total. The number of fused-ring (bicyclic) bond motifs is 1. The summed E-state index contributed by atoms with van der Waals surface area (Å²) in [4.78, 5) is 26.5. The van der Waals surface area contributed by atoms with Gasteiger partial charge < -0.3 is 9.32 Å². The third-order valence-electron chi connectivity index (χ3n) is 3.68. The van der Waals surface area contributed by atoms with E-state index in [-0.39, 0.29) is 17.8 Å². The van der Waals surface area contributed by atoms with Crippen LogP contribution in [0.15, 0.2) is 33.5 Å². The van der Waals surface area contributed by atoms with Crippen LogP contribution in [0.4, 0.5) is 5.69 Å². The van der Waals surface area contributed by atoms with E-state index in [0.29, 0.717) is 9.78 Å². The number of ketones is 1. The number of carbonyl (C=O) groups excluding carboxylic acids is 1. The van der Waals surface area contributed by atoms with Gasteiger partial charge in [0.15, 0.2) is 5.78 Å². The summed E-state index contributed by atoms with van der Waals surface area (Å²) < 4.78 is 5.92. The number of hydrogen-bond acceptors (Lipinski definition) is 6. The largest absolute Gasteiger partial charge is 0.422 e. The van der Waals surface area contributed by atoms with Crippen molar-refractivity contribution in [2.75, 3.05) is 24.2 Å². The summed E-state index contributed by atoms with van der Waals surface area (Å²) in [6.07, 6.45) is 1.89. The summed E-state index contributed by atoms with van der Waals surface area (Å²) in [6, 6.07) is 7.27. The van der Waals surface area contributed by atoms with E-state index >= 15 is 0 Å². The lowest BCUT2D eigenvalue weighted by atomic mass is 10.1. The number of benzene rings is 1. The standard InChI is InChI=1S/C17H19NO3S2/c1-4-18(5-2)12-7-6-11-8-13(14(19)10-16(22)23-3)17(20)21-15(11)9-12/h6-9H,4-5,10H2,1-3H3. The predicted octanol–water partition coefficient (Wildman–Crippen LogP) is 3.90. The van der Waals surface area contributed by atoms with Gasteiger partial charge in [-0.05, 0) is 38.3 Å². The Morgan fingerprint density at radius 2 is 1.96 bits per heavy atom. The van der Waals surface area contributed by atoms with E-state index in [2.05, 4.69) is 18.7 Å². The Labute approximate surface area is 144 Å². The highest BCUT2D eigenvalue weighted by Gasteiger charge is 2.16. The molecule has 0 aliphatic carbocycles. The van der Waals surface area contributed by atoms with Gasteiger partial charge in [0.25, 0.3) is 0 Å². The fraction of sp³-hybridized carbons (Fsp3) is 0.353. The number of Topliss-reactive ketones (excluding diaryl/α,β-unsaturated/α-hetero) is 1. The number of thioether (sulfide) groups is 1. The zero-order valence-electron chi connectivity index (χ0n) is 13.4. The molecule has 0 bridgehead atoms. The Kier molecular flexibility index (Phi) is 5.96. The third kappa shape index (κ3) is 4.00. The zero-order chi connectivity index (χ0) is 17.0. The van der Waals surface area contributed by atoms with Gasteiger partial charge in [-0.1, -0.05) is 12.2 Å². The molecule has 0 atom stereocenters. The minimum Gasteiger partial charge on any atom is -0.422 e. The van der Waals surface area contributed by atoms with Crippen LogP contribution >= 0.6 is 24.0 Å². The Morgan fingerprint density at radius 3 is 2.57 bits per heavy atom. The van der Waals surface area contributed by atoms with Gasteiger partial charge in [-0.3, -0.25) is 4.79 Å². The molecule has 0 N–H and O–H groups in total. The smallest absolute Gasteiger partial charge is 0.347 e. The van der Waals surface area contributed by atoms with Crippen LogP contribution in [0.1, 0.15) is 30.6 Å². The summed E-state index contributed by atoms with van der Waals surface area (Å²) in [7, 11) is 0. The van der Waals surface area contributed by atoms with Gasteiger partial charge in [0.1, 0.15) is 11.1 Å². The van der Waals surface area contributed by atoms with Crippen LogP contribution in [0.5, 0.6) is 0 Å². The Hall–Kier alpha value is -1.66. The molecule has 0 aliphatic rings. The SMILES string of the molecule is CCN(CC)c1ccc2cc(C(=O)CC(=S)SC)c(=O)oc2c1. The lowest BCUT2D eigenvalue weighted by molar-refractivity contribution is 0.0998. The molecule has 0 unspecified atom stereocenters. The number of carbonyl (C=O) groups is 1. The maximum absolute atomic E-state index is 12.2. The molecule has 0 aliphatic heterocycles. The van der Waals surface area contributed by atoms with Crippen molar-refractivity contribution < 1.29 is 9.21 Å². The Morgan fingerprint density at radius 1 is 1.26 bits per heavy atom. The first-order chi connectivity index (χ1) is 11.0. The van der Waals surface area contributed by atoms with Crippen molar-refractivity contribution in [3.05, 3.63) is 40.2 Å². The van der Waals surface area contributed by atoms with Crippen molar-refractivity contribution in [3.8, 4) is 0 Å². The van der Waals surface area contributed by atoms with Gasteiger partial charge in [-0.15, -0.1) is 11.8 Å². The van der Waals surface area contributed by atoms with Crippen molar-refractivity contribution in [2.45, 2.75) is 20.3 Å². The quantitative estimate of drug-likeness (QED) is 0.448. The van der Waals surface area contributed by atoms with Gasteiger partial charge in [-0.2, -0.15) is 0 Å². The number of hydrogen-bond donors (Lipinski definition) is 0. The van der Waals surface area contributed by atoms with Gasteiger partial charge in [-0.25, -0.2) is 4.79 Å². The van der Waals surface area contributed by atoms with Crippen LogP contribution in [0.3, 0.4) is 0 Å². The van der Waals surface area contributed by atoms with E-state index in [9.17, 15) is 9.59 Å². The molecular weight excluding hydrogens is 330 g/mol. The number of rotatable bonds is 6. The van der Waals surface area contributed by atoms with E-state index < -0.39 is 5.63 Å². The average Bonchev–Trinajstić information content (AvgIpc) is 2.54. The third-order valence-corrected chi connectivity index (χ3v) is 4.93. The monoisotopic (exact) mass is 349 g/mol. The number of anilines is 1. The van der Waals surface area contributed by atoms with Gasteiger partial charge in [0.2, 0.25) is 0 Å². The summed E-state index contributed by atoms with van der Waals surface area (Å²) in [6.45, 7) is 5.88. The molecule has 23 heavy (non-hydrogen) atoms. The zero-order valence-corrected chi connectivity index (χ0v) is 15.1. The van der Waals surface area contributed by atoms with E-state index in [1.54, 1.807) is 6.07 Å². The molecule has 0 spiro atoms. The minimum absolute atomic E-state index is 0.0597. The molecule has 6 heteroatoms. The first kappa shape index (κ1) is 17.7. The van der Waals surface area contributed by atoms with E-state index in [4.69, 9.17) is 16.6 Å². The molecule has 0 saturated carbocycles. The number of thiocarbonyl (C=S) groups is 1. The molecule has 2 rings (SSSR count). The average molecular weight is 349 g/mol. The lowest BCUT2D eigenvalue weighted by Gasteiger charge is -2.20. The Bertz CT molecular complexity index is 794. The summed E-state index contributed by atoms with van der Waals surface area (Å²) in [5.41, 5.74) is 0.935. The van der Waals surface area contributed by atoms with Crippen LogP contribution in [0.25, 0.3) is 11.0 Å². The van der Waals surface area contributed by atoms with Gasteiger partial charge in [0.05, 0.1) is 10.6 Å². The molecule has 122 valence electrons. The predicted molar refractivity (Wildman–Crippen MR) is 101 cm³/mol. The van der Waals surface area contributed by atoms with Crippen LogP contribution < -0.4 is 10.5 Å². The highest BCUT2D eigenvalue weighted by Crippen LogP contribution is 2.22. The fourth-order valence-corrected chi connectivity index (χ4v) is 2.78. The second kappa shape index (κ2) is 7.75. The molecule has 0 amide bonds. The molecular formula is C17H19NO3S2. The normalized spacial score (nSPS) is 10.7. The molecule has 2 aromatic rings. The molecule has 0 saturated heterocycles. The summed E-state index contributed by atoms with van der Waals surface area (Å²) in [5.74, 6) is -0.298. The molecule has 1 aromatic heterocycles. The Balaban J connectivity index is 2.43. The summed E-state index contributed by atoms with van der Waals surface area (Å²) in [5, 5.41) is 0.735. The van der Waals surface area contributed by atoms with Crippen molar-refractivity contribution >= 4 is 50.6 Å². The molecule has 0 radical (unpaired) electrons. The highest BCUT2D eigenvalue weighted by atomic mass is 32.2. The van der Waals surface area contributed by atoms with E-state index in [1.165, 1.54) is 11.8 Å². The first-order valence-corrected chi connectivity index (χ1v) is 9.06. The second-order valence-corrected chi connectivity index (χ2v) is 6.67. The van der Waals surface area contributed by atoms with Crippen LogP contribution in [-0.4, -0.2) is 29.3 Å². The van der Waals surface area contributed by atoms with Crippen molar-refractivity contribution in [2.24, 2.45) is 0 Å². The minimum atomic E-state index is -0.608. The van der Waals surface area contributed by atoms with E-state index in [0.717, 1.165) is 24.2 Å². The van der Waals surface area contributed by atoms with Crippen molar-refractivity contribution in [1.82, 2.24) is 0 Å². The van der Waals surface area contributed by atoms with Crippen LogP contribution in [0, 0.1) is 0 Å². The highest BCUT2D eigenvalue weighted by molar-refractivity contribution is 8.22. The van der Waals surface area contributed by atoms with Gasteiger partial charge in [0, 0.05) is 30.2 Å². The maximum atomic E-state index is 12.2. The molecule has 1 aromatic carbocycles. The van der Waals surface area contributed by atoms with Crippen molar-refractivity contribution in [3.63, 3.8) is 0 Å². The summed E-state index contributed by atoms with van der Waals surface area (Å²) >= 11 is 6.39. The topological polar surface area (TPSA) is 50.5 Å². The second-order valence-electron chi connectivity index (χ2n) is 5.02. The molecule has 0 fully saturated rings.